The van der Waals surface area contributed by atoms with Gasteiger partial charge in [0, 0.05) is 26.6 Å². The summed E-state index contributed by atoms with van der Waals surface area (Å²) in [7, 11) is 0. The van der Waals surface area contributed by atoms with E-state index in [0.29, 0.717) is 19.6 Å². The predicted octanol–water partition coefficient (Wildman–Crippen LogP) is -1.08. The molecule has 0 aromatic heterocycles. The summed E-state index contributed by atoms with van der Waals surface area (Å²) in [5.41, 5.74) is -0.473. The van der Waals surface area contributed by atoms with E-state index in [1.54, 1.807) is 4.90 Å². The molecular weight excluding hydrogens is 184 g/mol. The Hall–Kier alpha value is -1.39. The Kier molecular flexibility index (Phi) is 1.83. The fraction of sp³-hybridized carbons (Fsp3) is 0.667. The first-order chi connectivity index (χ1) is 6.53. The van der Waals surface area contributed by atoms with Gasteiger partial charge in [-0.2, -0.15) is 0 Å². The Morgan fingerprint density at radius 3 is 2.57 bits per heavy atom. The third kappa shape index (κ3) is 1.20. The zero-order valence-electron chi connectivity index (χ0n) is 8.00. The fourth-order valence-electron chi connectivity index (χ4n) is 1.96. The minimum Gasteiger partial charge on any atom is -0.355 e. The average molecular weight is 196 g/mol. The molecular formula is C9H12N2O3. The molecule has 14 heavy (non-hydrogen) atoms. The quantitative estimate of drug-likeness (QED) is 0.501. The second-order valence-corrected chi connectivity index (χ2v) is 4.03. The van der Waals surface area contributed by atoms with E-state index in [2.05, 4.69) is 5.32 Å². The lowest BCUT2D eigenvalue weighted by molar-refractivity contribution is -0.154. The Morgan fingerprint density at radius 1 is 1.43 bits per heavy atom. The summed E-state index contributed by atoms with van der Waals surface area (Å²) >= 11 is 0. The molecule has 2 rings (SSSR count). The van der Waals surface area contributed by atoms with E-state index in [-0.39, 0.29) is 24.0 Å². The predicted molar refractivity (Wildman–Crippen MR) is 47.3 cm³/mol. The molecule has 2 aliphatic heterocycles. The molecule has 5 heteroatoms. The van der Waals surface area contributed by atoms with E-state index in [1.165, 1.54) is 6.92 Å². The Bertz CT molecular complexity index is 318. The smallest absolute Gasteiger partial charge is 0.227 e. The van der Waals surface area contributed by atoms with Gasteiger partial charge in [-0.15, -0.1) is 0 Å². The number of hydrogen-bond acceptors (Lipinski definition) is 3. The van der Waals surface area contributed by atoms with E-state index in [0.717, 1.165) is 0 Å². The van der Waals surface area contributed by atoms with Crippen molar-refractivity contribution in [1.29, 1.82) is 0 Å². The van der Waals surface area contributed by atoms with Gasteiger partial charge < -0.3 is 10.2 Å². The topological polar surface area (TPSA) is 66.5 Å². The van der Waals surface area contributed by atoms with Gasteiger partial charge in [0.2, 0.25) is 11.8 Å². The van der Waals surface area contributed by atoms with Crippen LogP contribution in [0.1, 0.15) is 13.3 Å². The number of likely N-dealkylation sites (tertiary alicyclic amines) is 1. The Balaban J connectivity index is 2.03. The molecule has 0 unspecified atom stereocenters. The van der Waals surface area contributed by atoms with Gasteiger partial charge in [-0.3, -0.25) is 14.4 Å². The van der Waals surface area contributed by atoms with Gasteiger partial charge in [0.15, 0.2) is 5.78 Å². The molecule has 2 heterocycles. The zero-order valence-corrected chi connectivity index (χ0v) is 8.00. The molecule has 1 N–H and O–H groups in total. The van der Waals surface area contributed by atoms with Crippen LogP contribution in [0.5, 0.6) is 0 Å². The number of Topliss-reactive ketones (excluding diaryl/α,β-unsaturated/α-hetero) is 1. The zero-order chi connectivity index (χ0) is 10.3. The first kappa shape index (κ1) is 9.18. The summed E-state index contributed by atoms with van der Waals surface area (Å²) in [6.07, 6.45) is -0.0360. The Labute approximate surface area is 81.4 Å². The monoisotopic (exact) mass is 196 g/mol. The number of hydrogen-bond donors (Lipinski definition) is 1. The van der Waals surface area contributed by atoms with E-state index < -0.39 is 5.41 Å². The molecule has 2 amide bonds. The third-order valence-corrected chi connectivity index (χ3v) is 2.97. The fourth-order valence-corrected chi connectivity index (χ4v) is 1.96. The maximum absolute atomic E-state index is 11.6. The van der Waals surface area contributed by atoms with Crippen LogP contribution in [-0.4, -0.2) is 42.1 Å². The van der Waals surface area contributed by atoms with Crippen LogP contribution in [0.15, 0.2) is 0 Å². The highest BCUT2D eigenvalue weighted by Gasteiger charge is 2.52. The minimum atomic E-state index is -0.473. The van der Waals surface area contributed by atoms with Gasteiger partial charge in [-0.25, -0.2) is 0 Å². The van der Waals surface area contributed by atoms with Gasteiger partial charge in [-0.1, -0.05) is 0 Å². The van der Waals surface area contributed by atoms with E-state index in [1.807, 2.05) is 0 Å². The van der Waals surface area contributed by atoms with Crippen molar-refractivity contribution >= 4 is 17.6 Å². The molecule has 2 fully saturated rings. The largest absolute Gasteiger partial charge is 0.355 e. The molecule has 2 saturated heterocycles. The van der Waals surface area contributed by atoms with Crippen molar-refractivity contribution in [1.82, 2.24) is 10.2 Å². The van der Waals surface area contributed by atoms with Crippen molar-refractivity contribution < 1.29 is 14.4 Å². The van der Waals surface area contributed by atoms with E-state index in [9.17, 15) is 14.4 Å². The molecule has 76 valence electrons. The maximum Gasteiger partial charge on any atom is 0.227 e. The summed E-state index contributed by atoms with van der Waals surface area (Å²) in [5.74, 6) is -0.249. The second-order valence-electron chi connectivity index (χ2n) is 4.03. The Morgan fingerprint density at radius 2 is 2.07 bits per heavy atom. The van der Waals surface area contributed by atoms with Crippen LogP contribution in [0.2, 0.25) is 0 Å². The third-order valence-electron chi connectivity index (χ3n) is 2.97. The van der Waals surface area contributed by atoms with Crippen LogP contribution in [-0.2, 0) is 14.4 Å². The summed E-state index contributed by atoms with van der Waals surface area (Å²) in [4.78, 5) is 35.1. The van der Waals surface area contributed by atoms with Gasteiger partial charge >= 0.3 is 0 Å². The lowest BCUT2D eigenvalue weighted by atomic mass is 9.73. The summed E-state index contributed by atoms with van der Waals surface area (Å²) in [5, 5.41) is 2.67. The van der Waals surface area contributed by atoms with Gasteiger partial charge in [0.1, 0.15) is 0 Å². The molecule has 0 saturated carbocycles. The molecule has 0 aromatic carbocycles. The number of amides is 2. The average Bonchev–Trinajstić information content (AvgIpc) is 2.00. The molecule has 5 nitrogen and oxygen atoms in total. The van der Waals surface area contributed by atoms with Gasteiger partial charge in [-0.05, 0) is 0 Å². The summed E-state index contributed by atoms with van der Waals surface area (Å²) in [6, 6.07) is 0. The molecule has 0 aromatic rings. The van der Waals surface area contributed by atoms with Crippen LogP contribution in [0.25, 0.3) is 0 Å². The highest BCUT2D eigenvalue weighted by atomic mass is 16.2. The number of rotatable bonds is 0. The van der Waals surface area contributed by atoms with Crippen LogP contribution < -0.4 is 5.32 Å². The molecule has 0 atom stereocenters. The highest BCUT2D eigenvalue weighted by Crippen LogP contribution is 2.33. The first-order valence-electron chi connectivity index (χ1n) is 4.59. The van der Waals surface area contributed by atoms with E-state index >= 15 is 0 Å². The lowest BCUT2D eigenvalue weighted by Crippen LogP contribution is -2.68. The standard InChI is InChI=1S/C9H12N2O3/c1-6(12)11-4-9(5-11)3-10-8(14)2-7(9)13/h2-5H2,1H3,(H,10,14). The summed E-state index contributed by atoms with van der Waals surface area (Å²) < 4.78 is 0. The normalized spacial score (nSPS) is 24.5. The number of ketones is 1. The van der Waals surface area contributed by atoms with E-state index in [4.69, 9.17) is 0 Å². The number of nitrogens with one attached hydrogen (secondary N) is 1. The second kappa shape index (κ2) is 2.80. The number of carbonyl (C=O) groups excluding carboxylic acids is 3. The van der Waals surface area contributed by atoms with Crippen molar-refractivity contribution in [2.24, 2.45) is 5.41 Å². The molecule has 0 radical (unpaired) electrons. The van der Waals surface area contributed by atoms with Crippen LogP contribution >= 0.6 is 0 Å². The number of piperidine rings is 1. The number of nitrogens with zero attached hydrogens (tertiary/aromatic N) is 1. The summed E-state index contributed by atoms with van der Waals surface area (Å²) in [6.45, 7) is 2.79. The molecule has 0 bridgehead atoms. The molecule has 1 spiro atoms. The first-order valence-corrected chi connectivity index (χ1v) is 4.59. The van der Waals surface area contributed by atoms with Gasteiger partial charge in [0.05, 0.1) is 11.8 Å². The number of carbonyl (C=O) groups is 3. The lowest BCUT2D eigenvalue weighted by Gasteiger charge is -2.50. The highest BCUT2D eigenvalue weighted by molar-refractivity contribution is 6.04. The van der Waals surface area contributed by atoms with Crippen molar-refractivity contribution in [3.05, 3.63) is 0 Å². The molecule has 2 aliphatic rings. The minimum absolute atomic E-state index is 0.0136. The van der Waals surface area contributed by atoms with Crippen LogP contribution in [0, 0.1) is 5.41 Å². The van der Waals surface area contributed by atoms with Crippen molar-refractivity contribution in [3.63, 3.8) is 0 Å². The van der Waals surface area contributed by atoms with Crippen molar-refractivity contribution in [2.75, 3.05) is 19.6 Å². The maximum atomic E-state index is 11.6. The molecule has 0 aliphatic carbocycles. The van der Waals surface area contributed by atoms with Crippen LogP contribution in [0.4, 0.5) is 0 Å². The van der Waals surface area contributed by atoms with Crippen molar-refractivity contribution in [2.45, 2.75) is 13.3 Å². The van der Waals surface area contributed by atoms with Gasteiger partial charge in [0.25, 0.3) is 0 Å². The van der Waals surface area contributed by atoms with Crippen LogP contribution in [0.3, 0.4) is 0 Å². The SMILES string of the molecule is CC(=O)N1CC2(CNC(=O)CC2=O)C1. The van der Waals surface area contributed by atoms with Crippen molar-refractivity contribution in [3.8, 4) is 0 Å².